The average Bonchev–Trinajstić information content (AvgIpc) is 3.17. The van der Waals surface area contributed by atoms with Gasteiger partial charge < -0.3 is 14.6 Å². The molecule has 190 valence electrons. The lowest BCUT2D eigenvalue weighted by atomic mass is 10.1. The first-order chi connectivity index (χ1) is 17.8. The molecule has 0 radical (unpaired) electrons. The lowest BCUT2D eigenvalue weighted by molar-refractivity contribution is -0.122. The van der Waals surface area contributed by atoms with Crippen LogP contribution >= 0.6 is 27.7 Å². The van der Waals surface area contributed by atoms with Crippen LogP contribution in [0.4, 0.5) is 10.1 Å². The van der Waals surface area contributed by atoms with Gasteiger partial charge in [0.15, 0.2) is 16.7 Å². The molecular formula is C27H22BrFN2O5S. The molecule has 0 spiro atoms. The molecule has 0 aliphatic carbocycles. The van der Waals surface area contributed by atoms with Crippen LogP contribution in [0.5, 0.6) is 11.5 Å². The summed E-state index contributed by atoms with van der Waals surface area (Å²) < 4.78 is 25.2. The van der Waals surface area contributed by atoms with Gasteiger partial charge in [-0.1, -0.05) is 12.1 Å². The van der Waals surface area contributed by atoms with Crippen LogP contribution in [-0.4, -0.2) is 40.7 Å². The van der Waals surface area contributed by atoms with Gasteiger partial charge in [-0.2, -0.15) is 0 Å². The van der Waals surface area contributed by atoms with Crippen LogP contribution in [0.3, 0.4) is 0 Å². The Morgan fingerprint density at radius 2 is 1.86 bits per heavy atom. The maximum atomic E-state index is 13.2. The highest BCUT2D eigenvalue weighted by atomic mass is 79.9. The predicted octanol–water partition coefficient (Wildman–Crippen LogP) is 6.50. The van der Waals surface area contributed by atoms with E-state index in [2.05, 4.69) is 20.9 Å². The van der Waals surface area contributed by atoms with Gasteiger partial charge in [0, 0.05) is 6.54 Å². The summed E-state index contributed by atoms with van der Waals surface area (Å²) in [6.07, 6.45) is 1.75. The van der Waals surface area contributed by atoms with Crippen LogP contribution in [0.25, 0.3) is 6.08 Å². The van der Waals surface area contributed by atoms with Crippen LogP contribution < -0.4 is 9.47 Å². The van der Waals surface area contributed by atoms with Crippen molar-refractivity contribution in [2.24, 2.45) is 4.99 Å². The Labute approximate surface area is 225 Å². The van der Waals surface area contributed by atoms with E-state index in [9.17, 15) is 14.0 Å². The Balaban J connectivity index is 1.57. The third-order valence-corrected chi connectivity index (χ3v) is 6.98. The third-order valence-electron chi connectivity index (χ3n) is 5.39. The highest BCUT2D eigenvalue weighted by molar-refractivity contribution is 9.10. The number of carboxylic acids is 1. The van der Waals surface area contributed by atoms with Crippen molar-refractivity contribution in [3.05, 3.63) is 92.5 Å². The summed E-state index contributed by atoms with van der Waals surface area (Å²) in [6, 6.07) is 15.8. The number of carboxylic acid groups (broad SMARTS) is 1. The molecule has 0 unspecified atom stereocenters. The van der Waals surface area contributed by atoms with Crippen molar-refractivity contribution in [2.45, 2.75) is 13.5 Å². The molecule has 10 heteroatoms. The second-order valence-electron chi connectivity index (χ2n) is 7.86. The van der Waals surface area contributed by atoms with Crippen molar-refractivity contribution in [2.75, 3.05) is 13.7 Å². The molecule has 1 amide bonds. The summed E-state index contributed by atoms with van der Waals surface area (Å²) >= 11 is 4.76. The molecule has 3 aromatic carbocycles. The zero-order valence-electron chi connectivity index (χ0n) is 19.9. The Hall–Kier alpha value is -3.63. The van der Waals surface area contributed by atoms with Crippen LogP contribution in [-0.2, 0) is 11.4 Å². The number of halogens is 2. The molecule has 3 aromatic rings. The first-order valence-electron chi connectivity index (χ1n) is 11.2. The molecular weight excluding hydrogens is 563 g/mol. The third kappa shape index (κ3) is 6.20. The molecule has 37 heavy (non-hydrogen) atoms. The number of hydrogen-bond acceptors (Lipinski definition) is 6. The van der Waals surface area contributed by atoms with E-state index >= 15 is 0 Å². The number of hydrogen-bond donors (Lipinski definition) is 1. The van der Waals surface area contributed by atoms with Gasteiger partial charge in [-0.3, -0.25) is 9.69 Å². The predicted molar refractivity (Wildman–Crippen MR) is 145 cm³/mol. The maximum absolute atomic E-state index is 13.2. The minimum Gasteiger partial charge on any atom is -0.493 e. The second kappa shape index (κ2) is 11.6. The summed E-state index contributed by atoms with van der Waals surface area (Å²) in [5.41, 5.74) is 2.24. The molecule has 7 nitrogen and oxygen atoms in total. The number of aliphatic imine (C=N–C) groups is 1. The Morgan fingerprint density at radius 1 is 1.16 bits per heavy atom. The molecule has 1 fully saturated rings. The fraction of sp³-hybridized carbons (Fsp3) is 0.148. The standard InChI is InChI=1S/C27H22BrFN2O5S/c1-3-31-25(32)23(37-27(31)30-20-10-6-18(7-11-20)26(33)34)14-17-12-21(28)24(22(13-17)35-2)36-15-16-4-8-19(29)9-5-16/h4-14H,3,15H2,1-2H3,(H,33,34). The van der Waals surface area contributed by atoms with Gasteiger partial charge in [-0.05, 0) is 100 Å². The maximum Gasteiger partial charge on any atom is 0.335 e. The number of amides is 1. The number of nitrogens with zero attached hydrogens (tertiary/aromatic N) is 2. The highest BCUT2D eigenvalue weighted by Gasteiger charge is 2.32. The van der Waals surface area contributed by atoms with Gasteiger partial charge in [0.25, 0.3) is 5.91 Å². The summed E-state index contributed by atoms with van der Waals surface area (Å²) in [4.78, 5) is 30.7. The number of carbonyl (C=O) groups is 2. The van der Waals surface area contributed by atoms with E-state index in [4.69, 9.17) is 14.6 Å². The smallest absolute Gasteiger partial charge is 0.335 e. The Kier molecular flexibility index (Phi) is 8.30. The SMILES string of the molecule is CCN1C(=O)C(=Cc2cc(Br)c(OCc3ccc(F)cc3)c(OC)c2)SC1=Nc1ccc(C(=O)O)cc1. The Bertz CT molecular complexity index is 1390. The molecule has 1 aliphatic heterocycles. The van der Waals surface area contributed by atoms with Crippen LogP contribution in [0.1, 0.15) is 28.4 Å². The van der Waals surface area contributed by atoms with E-state index in [0.29, 0.717) is 38.3 Å². The largest absolute Gasteiger partial charge is 0.493 e. The minimum absolute atomic E-state index is 0.164. The normalized spacial score (nSPS) is 15.5. The monoisotopic (exact) mass is 584 g/mol. The van der Waals surface area contributed by atoms with Gasteiger partial charge in [-0.15, -0.1) is 0 Å². The van der Waals surface area contributed by atoms with Crippen LogP contribution in [0.2, 0.25) is 0 Å². The highest BCUT2D eigenvalue weighted by Crippen LogP contribution is 2.40. The summed E-state index contributed by atoms with van der Waals surface area (Å²) in [5, 5.41) is 9.59. The van der Waals surface area contributed by atoms with Gasteiger partial charge in [-0.25, -0.2) is 14.2 Å². The summed E-state index contributed by atoms with van der Waals surface area (Å²) in [6.45, 7) is 2.51. The van der Waals surface area contributed by atoms with E-state index < -0.39 is 5.97 Å². The Morgan fingerprint density at radius 3 is 2.49 bits per heavy atom. The van der Waals surface area contributed by atoms with E-state index in [1.165, 1.54) is 43.1 Å². The molecule has 0 aromatic heterocycles. The summed E-state index contributed by atoms with van der Waals surface area (Å²) in [5.74, 6) is -0.552. The zero-order valence-corrected chi connectivity index (χ0v) is 22.3. The second-order valence-corrected chi connectivity index (χ2v) is 9.72. The molecule has 0 saturated carbocycles. The van der Waals surface area contributed by atoms with E-state index in [-0.39, 0.29) is 23.9 Å². The zero-order chi connectivity index (χ0) is 26.5. The number of ether oxygens (including phenoxy) is 2. The van der Waals surface area contributed by atoms with Crippen molar-refractivity contribution < 1.29 is 28.6 Å². The number of carbonyl (C=O) groups excluding carboxylic acids is 1. The van der Waals surface area contributed by atoms with E-state index in [1.807, 2.05) is 13.0 Å². The van der Waals surface area contributed by atoms with Crippen molar-refractivity contribution in [1.82, 2.24) is 4.90 Å². The van der Waals surface area contributed by atoms with Crippen molar-refractivity contribution >= 4 is 56.5 Å². The topological polar surface area (TPSA) is 88.4 Å². The number of methoxy groups -OCH3 is 1. The molecule has 0 bridgehead atoms. The van der Waals surface area contributed by atoms with Gasteiger partial charge in [0.05, 0.1) is 27.7 Å². The first kappa shape index (κ1) is 26.4. The first-order valence-corrected chi connectivity index (χ1v) is 12.8. The quantitative estimate of drug-likeness (QED) is 0.304. The molecule has 4 rings (SSSR count). The van der Waals surface area contributed by atoms with Gasteiger partial charge in [0.1, 0.15) is 12.4 Å². The molecule has 1 aliphatic rings. The van der Waals surface area contributed by atoms with E-state index in [1.54, 1.807) is 41.3 Å². The van der Waals surface area contributed by atoms with Crippen LogP contribution in [0, 0.1) is 5.82 Å². The lowest BCUT2D eigenvalue weighted by Gasteiger charge is -2.14. The van der Waals surface area contributed by atoms with Gasteiger partial charge in [0.2, 0.25) is 0 Å². The lowest BCUT2D eigenvalue weighted by Crippen LogP contribution is -2.28. The number of benzene rings is 3. The molecule has 1 N–H and O–H groups in total. The fourth-order valence-electron chi connectivity index (χ4n) is 3.51. The molecule has 1 saturated heterocycles. The number of likely N-dealkylation sites (N-methyl/N-ethyl adjacent to an activating group) is 1. The molecule has 0 atom stereocenters. The van der Waals surface area contributed by atoms with E-state index in [0.717, 1.165) is 11.1 Å². The van der Waals surface area contributed by atoms with Crippen LogP contribution in [0.15, 0.2) is 75.0 Å². The van der Waals surface area contributed by atoms with Crippen molar-refractivity contribution in [3.63, 3.8) is 0 Å². The van der Waals surface area contributed by atoms with Crippen molar-refractivity contribution in [1.29, 1.82) is 0 Å². The number of rotatable bonds is 8. The van der Waals surface area contributed by atoms with Crippen molar-refractivity contribution in [3.8, 4) is 11.5 Å². The molecule has 1 heterocycles. The summed E-state index contributed by atoms with van der Waals surface area (Å²) in [7, 11) is 1.53. The number of aromatic carboxylic acids is 1. The number of amidine groups is 1. The average molecular weight is 585 g/mol. The minimum atomic E-state index is -1.02. The fourth-order valence-corrected chi connectivity index (χ4v) is 5.15. The van der Waals surface area contributed by atoms with Gasteiger partial charge >= 0.3 is 5.97 Å². The number of thioether (sulfide) groups is 1.